The first-order valence-corrected chi connectivity index (χ1v) is 8.39. The van der Waals surface area contributed by atoms with Gasteiger partial charge in [0.1, 0.15) is 0 Å². The Morgan fingerprint density at radius 3 is 2.20 bits per heavy atom. The van der Waals surface area contributed by atoms with Gasteiger partial charge in [-0.15, -0.1) is 0 Å². The lowest BCUT2D eigenvalue weighted by Crippen LogP contribution is -2.45. The molecule has 1 aliphatic rings. The fourth-order valence-electron chi connectivity index (χ4n) is 3.35. The van der Waals surface area contributed by atoms with Crippen LogP contribution in [0.3, 0.4) is 0 Å². The number of benzene rings is 1. The van der Waals surface area contributed by atoms with E-state index in [2.05, 4.69) is 16.8 Å². The van der Waals surface area contributed by atoms with Crippen LogP contribution in [0, 0.1) is 0 Å². The van der Waals surface area contributed by atoms with Crippen LogP contribution in [0.2, 0.25) is 0 Å². The average molecular weight is 352 g/mol. The van der Waals surface area contributed by atoms with E-state index in [1.165, 1.54) is 27.4 Å². The summed E-state index contributed by atoms with van der Waals surface area (Å²) >= 11 is 0. The van der Waals surface area contributed by atoms with Gasteiger partial charge in [0, 0.05) is 38.3 Å². The van der Waals surface area contributed by atoms with Crippen molar-refractivity contribution in [2.24, 2.45) is 0 Å². The molecule has 1 fully saturated rings. The van der Waals surface area contributed by atoms with Crippen molar-refractivity contribution < 1.29 is 24.1 Å². The molecular weight excluding hydrogens is 324 g/mol. The molecule has 1 aromatic carbocycles. The van der Waals surface area contributed by atoms with E-state index < -0.39 is 5.97 Å². The monoisotopic (exact) mass is 352 g/mol. The van der Waals surface area contributed by atoms with E-state index in [1.807, 2.05) is 6.92 Å². The van der Waals surface area contributed by atoms with Crippen molar-refractivity contribution in [3.63, 3.8) is 0 Å². The summed E-state index contributed by atoms with van der Waals surface area (Å²) in [5.41, 5.74) is 0.836. The first-order chi connectivity index (χ1) is 11.9. The number of carboxylic acid groups (broad SMARTS) is 1. The molecule has 1 heterocycles. The highest BCUT2D eigenvalue weighted by atomic mass is 16.5. The van der Waals surface area contributed by atoms with Crippen LogP contribution in [-0.4, -0.2) is 82.0 Å². The topological polar surface area (TPSA) is 71.5 Å². The van der Waals surface area contributed by atoms with Gasteiger partial charge in [-0.2, -0.15) is 0 Å². The fraction of sp³-hybridized carbons (Fsp3) is 0.611. The summed E-state index contributed by atoms with van der Waals surface area (Å²) in [6.45, 7) is 6.76. The molecular formula is C18H28N2O5. The Hall–Kier alpha value is -1.99. The van der Waals surface area contributed by atoms with Crippen molar-refractivity contribution in [2.45, 2.75) is 12.8 Å². The lowest BCUT2D eigenvalue weighted by Gasteiger charge is -2.34. The van der Waals surface area contributed by atoms with Crippen molar-refractivity contribution >= 4 is 5.97 Å². The van der Waals surface area contributed by atoms with Gasteiger partial charge < -0.3 is 29.1 Å². The number of hydrogen-bond donors (Lipinski definition) is 1. The maximum Gasteiger partial charge on any atom is 0.336 e. The normalized spacial score (nSPS) is 17.2. The Morgan fingerprint density at radius 1 is 1.12 bits per heavy atom. The van der Waals surface area contributed by atoms with Gasteiger partial charge in [0.2, 0.25) is 5.75 Å². The summed E-state index contributed by atoms with van der Waals surface area (Å²) in [7, 11) is 6.64. The van der Waals surface area contributed by atoms with Crippen molar-refractivity contribution in [2.75, 3.05) is 61.1 Å². The highest BCUT2D eigenvalue weighted by molar-refractivity contribution is 5.92. The van der Waals surface area contributed by atoms with Crippen molar-refractivity contribution in [1.82, 2.24) is 9.80 Å². The van der Waals surface area contributed by atoms with Gasteiger partial charge in [0.15, 0.2) is 11.5 Å². The van der Waals surface area contributed by atoms with E-state index in [-0.39, 0.29) is 11.5 Å². The number of nitrogens with zero attached hydrogens (tertiary/aromatic N) is 2. The van der Waals surface area contributed by atoms with Crippen LogP contribution in [0.15, 0.2) is 6.07 Å². The molecule has 25 heavy (non-hydrogen) atoms. The Balaban J connectivity index is 2.41. The Bertz CT molecular complexity index is 612. The van der Waals surface area contributed by atoms with Gasteiger partial charge in [-0.05, 0) is 19.0 Å². The minimum atomic E-state index is -1.00. The third kappa shape index (κ3) is 4.16. The number of hydrogen-bond acceptors (Lipinski definition) is 6. The molecule has 1 unspecified atom stereocenters. The standard InChI is InChI=1S/C18H28N2O5/c1-12(11-20-8-6-19(2)7-9-20)15-13(18(21)22)10-14(23-3)16(24-4)17(15)25-5/h10,12H,6-9,11H2,1-5H3,(H,21,22). The number of piperazine rings is 1. The Labute approximate surface area is 149 Å². The number of ether oxygens (including phenoxy) is 3. The van der Waals surface area contributed by atoms with Crippen LogP contribution in [0.25, 0.3) is 0 Å². The van der Waals surface area contributed by atoms with Crippen LogP contribution in [0.1, 0.15) is 28.8 Å². The fourth-order valence-corrected chi connectivity index (χ4v) is 3.35. The number of likely N-dealkylation sites (N-methyl/N-ethyl adjacent to an activating group) is 1. The van der Waals surface area contributed by atoms with E-state index in [0.29, 0.717) is 22.8 Å². The number of methoxy groups -OCH3 is 3. The second-order valence-corrected chi connectivity index (χ2v) is 6.42. The molecule has 1 atom stereocenters. The number of carbonyl (C=O) groups is 1. The van der Waals surface area contributed by atoms with Gasteiger partial charge in [-0.3, -0.25) is 0 Å². The maximum absolute atomic E-state index is 11.8. The van der Waals surface area contributed by atoms with Gasteiger partial charge in [-0.1, -0.05) is 6.92 Å². The lowest BCUT2D eigenvalue weighted by molar-refractivity contribution is 0.0693. The maximum atomic E-state index is 11.8. The summed E-state index contributed by atoms with van der Waals surface area (Å²) in [5, 5.41) is 9.69. The third-order valence-corrected chi connectivity index (χ3v) is 4.72. The molecule has 1 N–H and O–H groups in total. The van der Waals surface area contributed by atoms with Crippen molar-refractivity contribution in [3.8, 4) is 17.2 Å². The van der Waals surface area contributed by atoms with Crippen molar-refractivity contribution in [3.05, 3.63) is 17.2 Å². The van der Waals surface area contributed by atoms with Crippen LogP contribution >= 0.6 is 0 Å². The highest BCUT2D eigenvalue weighted by Gasteiger charge is 2.28. The number of aromatic carboxylic acids is 1. The van der Waals surface area contributed by atoms with E-state index in [1.54, 1.807) is 0 Å². The Morgan fingerprint density at radius 2 is 1.72 bits per heavy atom. The van der Waals surface area contributed by atoms with Gasteiger partial charge in [0.05, 0.1) is 26.9 Å². The molecule has 2 rings (SSSR count). The largest absolute Gasteiger partial charge is 0.493 e. The molecule has 1 aromatic rings. The number of carboxylic acids is 1. The van der Waals surface area contributed by atoms with E-state index in [9.17, 15) is 9.90 Å². The van der Waals surface area contributed by atoms with E-state index in [0.717, 1.165) is 32.7 Å². The highest BCUT2D eigenvalue weighted by Crippen LogP contribution is 2.45. The first-order valence-electron chi connectivity index (χ1n) is 8.39. The van der Waals surface area contributed by atoms with Gasteiger partial charge in [0.25, 0.3) is 0 Å². The minimum Gasteiger partial charge on any atom is -0.493 e. The SMILES string of the molecule is COc1cc(C(=O)O)c(C(C)CN2CCN(C)CC2)c(OC)c1OC. The first kappa shape index (κ1) is 19.3. The molecule has 0 bridgehead atoms. The molecule has 7 heteroatoms. The van der Waals surface area contributed by atoms with Crippen LogP contribution in [0.5, 0.6) is 17.2 Å². The average Bonchev–Trinajstić information content (AvgIpc) is 2.61. The molecule has 1 saturated heterocycles. The smallest absolute Gasteiger partial charge is 0.336 e. The van der Waals surface area contributed by atoms with E-state index in [4.69, 9.17) is 14.2 Å². The third-order valence-electron chi connectivity index (χ3n) is 4.72. The van der Waals surface area contributed by atoms with E-state index >= 15 is 0 Å². The second kappa shape index (κ2) is 8.40. The summed E-state index contributed by atoms with van der Waals surface area (Å²) in [6, 6.07) is 1.51. The summed E-state index contributed by atoms with van der Waals surface area (Å²) < 4.78 is 16.2. The molecule has 0 spiro atoms. The quantitative estimate of drug-likeness (QED) is 0.802. The molecule has 7 nitrogen and oxygen atoms in total. The lowest BCUT2D eigenvalue weighted by atomic mass is 9.92. The zero-order chi connectivity index (χ0) is 18.6. The molecule has 0 aliphatic carbocycles. The summed E-state index contributed by atoms with van der Waals surface area (Å²) in [6.07, 6.45) is 0. The zero-order valence-electron chi connectivity index (χ0n) is 15.7. The van der Waals surface area contributed by atoms with Gasteiger partial charge in [-0.25, -0.2) is 4.79 Å². The predicted molar refractivity (Wildman–Crippen MR) is 95.4 cm³/mol. The van der Waals surface area contributed by atoms with Crippen molar-refractivity contribution in [1.29, 1.82) is 0 Å². The molecule has 140 valence electrons. The minimum absolute atomic E-state index is 0.0238. The predicted octanol–water partition coefficient (Wildman–Crippen LogP) is 1.76. The number of rotatable bonds is 7. The summed E-state index contributed by atoms with van der Waals surface area (Å²) in [5.74, 6) is 0.187. The molecule has 0 radical (unpaired) electrons. The molecule has 0 aromatic heterocycles. The second-order valence-electron chi connectivity index (χ2n) is 6.42. The molecule has 0 saturated carbocycles. The summed E-state index contributed by atoms with van der Waals surface area (Å²) in [4.78, 5) is 16.5. The Kier molecular flexibility index (Phi) is 6.50. The van der Waals surface area contributed by atoms with Crippen LogP contribution in [0.4, 0.5) is 0 Å². The van der Waals surface area contributed by atoms with Gasteiger partial charge >= 0.3 is 5.97 Å². The molecule has 0 amide bonds. The zero-order valence-corrected chi connectivity index (χ0v) is 15.7. The molecule has 1 aliphatic heterocycles. The van der Waals surface area contributed by atoms with Crippen LogP contribution < -0.4 is 14.2 Å². The van der Waals surface area contributed by atoms with Crippen LogP contribution in [-0.2, 0) is 0 Å².